The molecule has 106 valence electrons. The number of para-hydroxylation sites is 1. The highest BCUT2D eigenvalue weighted by Crippen LogP contribution is 2.25. The van der Waals surface area contributed by atoms with Gasteiger partial charge in [-0.15, -0.1) is 0 Å². The lowest BCUT2D eigenvalue weighted by Gasteiger charge is -2.20. The molecule has 2 N–H and O–H groups in total. The highest BCUT2D eigenvalue weighted by Gasteiger charge is 2.17. The highest BCUT2D eigenvalue weighted by atomic mass is 16.5. The van der Waals surface area contributed by atoms with Crippen LogP contribution in [0.4, 0.5) is 0 Å². The van der Waals surface area contributed by atoms with Crippen LogP contribution in [0.3, 0.4) is 0 Å². The van der Waals surface area contributed by atoms with E-state index in [2.05, 4.69) is 24.5 Å². The summed E-state index contributed by atoms with van der Waals surface area (Å²) in [6.45, 7) is 9.31. The minimum Gasteiger partial charge on any atom is -0.481 e. The molecule has 4 heteroatoms. The number of ether oxygens (including phenoxy) is 1. The maximum Gasteiger partial charge on any atom is 0.260 e. The van der Waals surface area contributed by atoms with Gasteiger partial charge in [-0.1, -0.05) is 25.1 Å². The Hall–Kier alpha value is -1.55. The molecule has 0 saturated carbocycles. The van der Waals surface area contributed by atoms with Crippen LogP contribution in [0.15, 0.2) is 24.3 Å². The van der Waals surface area contributed by atoms with Crippen molar-refractivity contribution in [1.29, 1.82) is 0 Å². The Morgan fingerprint density at radius 2 is 1.89 bits per heavy atom. The molecule has 0 saturated heterocycles. The fourth-order valence-corrected chi connectivity index (χ4v) is 1.92. The van der Waals surface area contributed by atoms with Crippen LogP contribution in [0.1, 0.15) is 39.3 Å². The van der Waals surface area contributed by atoms with E-state index in [0.717, 1.165) is 17.9 Å². The minimum absolute atomic E-state index is 0.0894. The molecule has 1 aromatic rings. The van der Waals surface area contributed by atoms with Crippen molar-refractivity contribution in [3.8, 4) is 5.75 Å². The lowest BCUT2D eigenvalue weighted by atomic mass is 10.1. The third-order valence-electron chi connectivity index (χ3n) is 2.92. The number of carbonyl (C=O) groups is 1. The Labute approximate surface area is 115 Å². The van der Waals surface area contributed by atoms with Crippen LogP contribution in [-0.4, -0.2) is 25.1 Å². The van der Waals surface area contributed by atoms with Gasteiger partial charge in [-0.25, -0.2) is 0 Å². The van der Waals surface area contributed by atoms with E-state index < -0.39 is 6.10 Å². The summed E-state index contributed by atoms with van der Waals surface area (Å²) < 4.78 is 5.78. The van der Waals surface area contributed by atoms with Gasteiger partial charge >= 0.3 is 0 Å². The molecule has 1 aromatic carbocycles. The highest BCUT2D eigenvalue weighted by molar-refractivity contribution is 5.80. The lowest BCUT2D eigenvalue weighted by molar-refractivity contribution is -0.127. The molecule has 1 amide bonds. The number of likely N-dealkylation sites (N-methyl/N-ethyl adjacent to an activating group) is 1. The first-order valence-electron chi connectivity index (χ1n) is 6.86. The average Bonchev–Trinajstić information content (AvgIpc) is 2.39. The molecule has 0 aliphatic carbocycles. The molecule has 0 aliphatic rings. The largest absolute Gasteiger partial charge is 0.481 e. The standard InChI is InChI=1S/C15H24N2O2/c1-5-16-11(3)13-9-7-8-10-14(13)19-12(4)15(18)17-6-2/h7-12,16H,5-6H2,1-4H3,(H,17,18). The Bertz CT molecular complexity index is 407. The summed E-state index contributed by atoms with van der Waals surface area (Å²) in [6, 6.07) is 8.02. The fraction of sp³-hybridized carbons (Fsp3) is 0.533. The van der Waals surface area contributed by atoms with E-state index >= 15 is 0 Å². The number of amides is 1. The molecular formula is C15H24N2O2. The van der Waals surface area contributed by atoms with E-state index in [1.807, 2.05) is 31.2 Å². The third-order valence-corrected chi connectivity index (χ3v) is 2.92. The second kappa shape index (κ2) is 7.79. The first kappa shape index (κ1) is 15.5. The zero-order valence-electron chi connectivity index (χ0n) is 12.2. The van der Waals surface area contributed by atoms with Crippen LogP contribution in [0.25, 0.3) is 0 Å². The molecule has 0 fully saturated rings. The van der Waals surface area contributed by atoms with Gasteiger partial charge < -0.3 is 15.4 Å². The van der Waals surface area contributed by atoms with Crippen molar-refractivity contribution in [1.82, 2.24) is 10.6 Å². The van der Waals surface area contributed by atoms with Gasteiger partial charge in [0.2, 0.25) is 0 Å². The van der Waals surface area contributed by atoms with Gasteiger partial charge in [-0.05, 0) is 33.4 Å². The average molecular weight is 264 g/mol. The Kier molecular flexibility index (Phi) is 6.36. The SMILES string of the molecule is CCNC(=O)C(C)Oc1ccccc1C(C)NCC. The van der Waals surface area contributed by atoms with Crippen molar-refractivity contribution < 1.29 is 9.53 Å². The second-order valence-corrected chi connectivity index (χ2v) is 4.47. The van der Waals surface area contributed by atoms with Crippen molar-refractivity contribution in [3.05, 3.63) is 29.8 Å². The first-order chi connectivity index (χ1) is 9.10. The Balaban J connectivity index is 2.80. The van der Waals surface area contributed by atoms with Gasteiger partial charge in [0.15, 0.2) is 6.10 Å². The summed E-state index contributed by atoms with van der Waals surface area (Å²) in [5.41, 5.74) is 1.07. The first-order valence-corrected chi connectivity index (χ1v) is 6.86. The predicted octanol–water partition coefficient (Wildman–Crippen LogP) is 2.26. The smallest absolute Gasteiger partial charge is 0.260 e. The van der Waals surface area contributed by atoms with Crippen LogP contribution in [0.2, 0.25) is 0 Å². The van der Waals surface area contributed by atoms with Crippen LogP contribution in [0.5, 0.6) is 5.75 Å². The van der Waals surface area contributed by atoms with Crippen LogP contribution >= 0.6 is 0 Å². The topological polar surface area (TPSA) is 50.4 Å². The second-order valence-electron chi connectivity index (χ2n) is 4.47. The quantitative estimate of drug-likeness (QED) is 0.794. The van der Waals surface area contributed by atoms with Gasteiger partial charge in [-0.3, -0.25) is 4.79 Å². The maximum absolute atomic E-state index is 11.7. The van der Waals surface area contributed by atoms with Gasteiger partial charge in [0, 0.05) is 18.2 Å². The maximum atomic E-state index is 11.7. The van der Waals surface area contributed by atoms with Crippen LogP contribution in [0, 0.1) is 0 Å². The molecule has 2 unspecified atom stereocenters. The van der Waals surface area contributed by atoms with E-state index in [1.54, 1.807) is 6.92 Å². The molecule has 0 aliphatic heterocycles. The predicted molar refractivity (Wildman–Crippen MR) is 77.3 cm³/mol. The van der Waals surface area contributed by atoms with E-state index in [9.17, 15) is 4.79 Å². The van der Waals surface area contributed by atoms with Crippen molar-refractivity contribution >= 4 is 5.91 Å². The molecule has 0 spiro atoms. The monoisotopic (exact) mass is 264 g/mol. The van der Waals surface area contributed by atoms with Crippen molar-refractivity contribution in [2.45, 2.75) is 39.8 Å². The molecular weight excluding hydrogens is 240 g/mol. The van der Waals surface area contributed by atoms with E-state index in [0.29, 0.717) is 6.54 Å². The minimum atomic E-state index is -0.491. The summed E-state index contributed by atoms with van der Waals surface area (Å²) in [5.74, 6) is 0.670. The summed E-state index contributed by atoms with van der Waals surface area (Å²) in [4.78, 5) is 11.7. The molecule has 0 bridgehead atoms. The van der Waals surface area contributed by atoms with E-state index in [1.165, 1.54) is 0 Å². The molecule has 1 rings (SSSR count). The summed E-state index contributed by atoms with van der Waals surface area (Å²) in [6.07, 6.45) is -0.491. The zero-order chi connectivity index (χ0) is 14.3. The fourth-order valence-electron chi connectivity index (χ4n) is 1.92. The van der Waals surface area contributed by atoms with Crippen molar-refractivity contribution in [2.24, 2.45) is 0 Å². The van der Waals surface area contributed by atoms with Crippen molar-refractivity contribution in [3.63, 3.8) is 0 Å². The number of hydrogen-bond acceptors (Lipinski definition) is 3. The van der Waals surface area contributed by atoms with Gasteiger partial charge in [0.1, 0.15) is 5.75 Å². The lowest BCUT2D eigenvalue weighted by Crippen LogP contribution is -2.36. The van der Waals surface area contributed by atoms with Crippen LogP contribution in [-0.2, 0) is 4.79 Å². The Morgan fingerprint density at radius 1 is 1.21 bits per heavy atom. The molecule has 0 aromatic heterocycles. The number of nitrogens with one attached hydrogen (secondary N) is 2. The van der Waals surface area contributed by atoms with Crippen LogP contribution < -0.4 is 15.4 Å². The summed E-state index contributed by atoms with van der Waals surface area (Å²) in [5, 5.41) is 6.11. The number of rotatable bonds is 7. The van der Waals surface area contributed by atoms with Crippen molar-refractivity contribution in [2.75, 3.05) is 13.1 Å². The zero-order valence-corrected chi connectivity index (χ0v) is 12.2. The molecule has 0 heterocycles. The normalized spacial score (nSPS) is 13.7. The van der Waals surface area contributed by atoms with Gasteiger partial charge in [0.25, 0.3) is 5.91 Å². The number of hydrogen-bond donors (Lipinski definition) is 2. The third kappa shape index (κ3) is 4.56. The van der Waals surface area contributed by atoms with E-state index in [-0.39, 0.29) is 11.9 Å². The molecule has 19 heavy (non-hydrogen) atoms. The number of carbonyl (C=O) groups excluding carboxylic acids is 1. The number of benzene rings is 1. The molecule has 4 nitrogen and oxygen atoms in total. The Morgan fingerprint density at radius 3 is 2.53 bits per heavy atom. The molecule has 0 radical (unpaired) electrons. The van der Waals surface area contributed by atoms with E-state index in [4.69, 9.17) is 4.74 Å². The summed E-state index contributed by atoms with van der Waals surface area (Å²) in [7, 11) is 0. The molecule has 2 atom stereocenters. The van der Waals surface area contributed by atoms with Gasteiger partial charge in [-0.2, -0.15) is 0 Å². The van der Waals surface area contributed by atoms with Gasteiger partial charge in [0.05, 0.1) is 0 Å². The summed E-state index contributed by atoms with van der Waals surface area (Å²) >= 11 is 0.